The van der Waals surface area contributed by atoms with Crippen molar-refractivity contribution in [1.29, 1.82) is 0 Å². The Bertz CT molecular complexity index is 1120. The van der Waals surface area contributed by atoms with Crippen LogP contribution in [0.2, 0.25) is 0 Å². The van der Waals surface area contributed by atoms with Gasteiger partial charge in [-0.05, 0) is 24.3 Å². The second kappa shape index (κ2) is 7.15. The molecule has 0 saturated carbocycles. The molecule has 0 radical (unpaired) electrons. The number of aryl methyl sites for hydroxylation is 1. The lowest BCUT2D eigenvalue weighted by atomic mass is 10.1. The first kappa shape index (κ1) is 17.7. The summed E-state index contributed by atoms with van der Waals surface area (Å²) >= 11 is 0. The highest BCUT2D eigenvalue weighted by Gasteiger charge is 2.14. The normalized spacial score (nSPS) is 11.0. The standard InChI is InChI=1S/C20H19N5O3/c1-13-21-22-19(27-13)12-25-10-9-16(23-25)14-5-4-6-15(11-14)17-7-8-18(28-17)20(26)24(2)3/h4-11H,12H2,1-3H3. The molecule has 0 aliphatic heterocycles. The van der Waals surface area contributed by atoms with E-state index in [1.807, 2.05) is 36.5 Å². The fourth-order valence-electron chi connectivity index (χ4n) is 2.80. The summed E-state index contributed by atoms with van der Waals surface area (Å²) in [6, 6.07) is 13.2. The molecule has 142 valence electrons. The van der Waals surface area contributed by atoms with Crippen molar-refractivity contribution in [1.82, 2.24) is 24.9 Å². The van der Waals surface area contributed by atoms with Crippen LogP contribution in [0.15, 0.2) is 57.5 Å². The molecule has 3 heterocycles. The maximum Gasteiger partial charge on any atom is 0.289 e. The van der Waals surface area contributed by atoms with Crippen LogP contribution in [0.25, 0.3) is 22.6 Å². The minimum atomic E-state index is -0.169. The van der Waals surface area contributed by atoms with E-state index in [1.165, 1.54) is 4.90 Å². The first-order valence-corrected chi connectivity index (χ1v) is 8.74. The van der Waals surface area contributed by atoms with Crippen molar-refractivity contribution < 1.29 is 13.6 Å². The van der Waals surface area contributed by atoms with E-state index >= 15 is 0 Å². The van der Waals surface area contributed by atoms with Crippen molar-refractivity contribution in [3.8, 4) is 22.6 Å². The second-order valence-corrected chi connectivity index (χ2v) is 6.56. The first-order valence-electron chi connectivity index (χ1n) is 8.74. The highest BCUT2D eigenvalue weighted by atomic mass is 16.4. The molecule has 0 aliphatic carbocycles. The van der Waals surface area contributed by atoms with E-state index in [0.29, 0.717) is 29.8 Å². The van der Waals surface area contributed by atoms with E-state index in [4.69, 9.17) is 8.83 Å². The highest BCUT2D eigenvalue weighted by Crippen LogP contribution is 2.27. The number of carbonyl (C=O) groups excluding carboxylic acids is 1. The number of rotatable bonds is 5. The Morgan fingerprint density at radius 2 is 1.89 bits per heavy atom. The molecular weight excluding hydrogens is 358 g/mol. The lowest BCUT2D eigenvalue weighted by molar-refractivity contribution is 0.0797. The molecule has 8 nitrogen and oxygen atoms in total. The molecule has 4 rings (SSSR count). The molecular formula is C20H19N5O3. The van der Waals surface area contributed by atoms with Gasteiger partial charge in [-0.15, -0.1) is 10.2 Å². The minimum Gasteiger partial charge on any atom is -0.451 e. The molecule has 1 amide bonds. The van der Waals surface area contributed by atoms with Gasteiger partial charge >= 0.3 is 0 Å². The van der Waals surface area contributed by atoms with Crippen LogP contribution in [0.1, 0.15) is 22.3 Å². The molecule has 0 N–H and O–H groups in total. The van der Waals surface area contributed by atoms with Gasteiger partial charge in [-0.1, -0.05) is 18.2 Å². The van der Waals surface area contributed by atoms with Gasteiger partial charge in [0.1, 0.15) is 12.3 Å². The van der Waals surface area contributed by atoms with Gasteiger partial charge in [0.25, 0.3) is 5.91 Å². The lowest BCUT2D eigenvalue weighted by Gasteiger charge is -2.07. The topological polar surface area (TPSA) is 90.2 Å². The zero-order valence-electron chi connectivity index (χ0n) is 15.8. The van der Waals surface area contributed by atoms with Crippen LogP contribution < -0.4 is 0 Å². The molecule has 0 spiro atoms. The number of amides is 1. The molecule has 0 bridgehead atoms. The van der Waals surface area contributed by atoms with Gasteiger partial charge in [0.2, 0.25) is 11.8 Å². The van der Waals surface area contributed by atoms with Crippen molar-refractivity contribution in [3.05, 3.63) is 66.2 Å². The summed E-state index contributed by atoms with van der Waals surface area (Å²) in [5.41, 5.74) is 2.63. The van der Waals surface area contributed by atoms with E-state index in [-0.39, 0.29) is 5.91 Å². The van der Waals surface area contributed by atoms with Crippen LogP contribution in [0.3, 0.4) is 0 Å². The average molecular weight is 377 g/mol. The lowest BCUT2D eigenvalue weighted by Crippen LogP contribution is -2.20. The third-order valence-electron chi connectivity index (χ3n) is 4.17. The molecule has 4 aromatic rings. The van der Waals surface area contributed by atoms with Crippen molar-refractivity contribution >= 4 is 5.91 Å². The predicted molar refractivity (Wildman–Crippen MR) is 102 cm³/mol. The summed E-state index contributed by atoms with van der Waals surface area (Å²) < 4.78 is 12.9. The van der Waals surface area contributed by atoms with Crippen LogP contribution in [0, 0.1) is 6.92 Å². The number of aromatic nitrogens is 4. The zero-order chi connectivity index (χ0) is 19.7. The Hall–Kier alpha value is -3.68. The number of furan rings is 1. The van der Waals surface area contributed by atoms with Gasteiger partial charge in [-0.25, -0.2) is 0 Å². The fraction of sp³-hybridized carbons (Fsp3) is 0.200. The Labute approximate surface area is 161 Å². The molecule has 3 aromatic heterocycles. The second-order valence-electron chi connectivity index (χ2n) is 6.56. The molecule has 1 aromatic carbocycles. The SMILES string of the molecule is Cc1nnc(Cn2ccc(-c3cccc(-c4ccc(C(=O)N(C)C)o4)c3)n2)o1. The van der Waals surface area contributed by atoms with Crippen LogP contribution in [-0.4, -0.2) is 44.9 Å². The molecule has 0 fully saturated rings. The fourth-order valence-corrected chi connectivity index (χ4v) is 2.80. The summed E-state index contributed by atoms with van der Waals surface area (Å²) in [6.07, 6.45) is 1.86. The Kier molecular flexibility index (Phi) is 4.52. The van der Waals surface area contributed by atoms with Gasteiger partial charge in [0.05, 0.1) is 5.69 Å². The predicted octanol–water partition coefficient (Wildman–Crippen LogP) is 3.25. The van der Waals surface area contributed by atoms with Crippen LogP contribution in [0.4, 0.5) is 0 Å². The van der Waals surface area contributed by atoms with E-state index in [0.717, 1.165) is 16.8 Å². The van der Waals surface area contributed by atoms with E-state index in [2.05, 4.69) is 15.3 Å². The summed E-state index contributed by atoms with van der Waals surface area (Å²) in [4.78, 5) is 13.5. The molecule has 0 saturated heterocycles. The summed E-state index contributed by atoms with van der Waals surface area (Å²) in [7, 11) is 3.38. The first-order chi connectivity index (χ1) is 13.5. The Morgan fingerprint density at radius 1 is 1.07 bits per heavy atom. The maximum atomic E-state index is 12.0. The molecule has 0 unspecified atom stereocenters. The van der Waals surface area contributed by atoms with Gasteiger partial charge in [0, 0.05) is 38.3 Å². The van der Waals surface area contributed by atoms with Crippen molar-refractivity contribution in [2.45, 2.75) is 13.5 Å². The Balaban J connectivity index is 1.57. The molecule has 8 heteroatoms. The molecule has 0 atom stereocenters. The van der Waals surface area contributed by atoms with Crippen molar-refractivity contribution in [2.24, 2.45) is 0 Å². The molecule has 0 aliphatic rings. The highest BCUT2D eigenvalue weighted by molar-refractivity contribution is 5.91. The summed E-state index contributed by atoms with van der Waals surface area (Å²) in [5, 5.41) is 12.4. The monoisotopic (exact) mass is 377 g/mol. The van der Waals surface area contributed by atoms with Crippen molar-refractivity contribution in [2.75, 3.05) is 14.1 Å². The summed E-state index contributed by atoms with van der Waals surface area (Å²) in [5.74, 6) is 1.81. The van der Waals surface area contributed by atoms with Crippen molar-refractivity contribution in [3.63, 3.8) is 0 Å². The number of hydrogen-bond donors (Lipinski definition) is 0. The third-order valence-corrected chi connectivity index (χ3v) is 4.17. The summed E-state index contributed by atoms with van der Waals surface area (Å²) in [6.45, 7) is 2.16. The number of nitrogens with zero attached hydrogens (tertiary/aromatic N) is 5. The smallest absolute Gasteiger partial charge is 0.289 e. The number of hydrogen-bond acceptors (Lipinski definition) is 6. The van der Waals surface area contributed by atoms with E-state index in [1.54, 1.807) is 37.8 Å². The van der Waals surface area contributed by atoms with Gasteiger partial charge in [-0.3, -0.25) is 9.48 Å². The van der Waals surface area contributed by atoms with Gasteiger partial charge < -0.3 is 13.7 Å². The third kappa shape index (κ3) is 3.57. The average Bonchev–Trinajstić information content (AvgIpc) is 3.43. The van der Waals surface area contributed by atoms with E-state index < -0.39 is 0 Å². The Morgan fingerprint density at radius 3 is 2.64 bits per heavy atom. The van der Waals surface area contributed by atoms with E-state index in [9.17, 15) is 4.79 Å². The maximum absolute atomic E-state index is 12.0. The van der Waals surface area contributed by atoms with Crippen LogP contribution in [-0.2, 0) is 6.54 Å². The quantitative estimate of drug-likeness (QED) is 0.530. The zero-order valence-corrected chi connectivity index (χ0v) is 15.8. The minimum absolute atomic E-state index is 0.169. The number of carbonyl (C=O) groups is 1. The number of benzene rings is 1. The largest absolute Gasteiger partial charge is 0.451 e. The van der Waals surface area contributed by atoms with Crippen LogP contribution >= 0.6 is 0 Å². The van der Waals surface area contributed by atoms with Crippen LogP contribution in [0.5, 0.6) is 0 Å². The van der Waals surface area contributed by atoms with Gasteiger partial charge in [0.15, 0.2) is 5.76 Å². The molecule has 28 heavy (non-hydrogen) atoms. The van der Waals surface area contributed by atoms with Gasteiger partial charge in [-0.2, -0.15) is 5.10 Å².